The minimum absolute atomic E-state index is 0.0821. The Morgan fingerprint density at radius 1 is 1.24 bits per heavy atom. The van der Waals surface area contributed by atoms with Crippen molar-refractivity contribution in [3.63, 3.8) is 0 Å². The van der Waals surface area contributed by atoms with Gasteiger partial charge in [0.2, 0.25) is 5.89 Å². The van der Waals surface area contributed by atoms with E-state index in [1.54, 1.807) is 0 Å². The van der Waals surface area contributed by atoms with E-state index in [0.717, 1.165) is 18.8 Å². The third kappa shape index (κ3) is 2.67. The summed E-state index contributed by atoms with van der Waals surface area (Å²) in [6.07, 6.45) is 2.32. The maximum Gasteiger partial charge on any atom is 0.249 e. The van der Waals surface area contributed by atoms with Crippen LogP contribution in [0.5, 0.6) is 0 Å². The predicted molar refractivity (Wildman–Crippen MR) is 83.5 cm³/mol. The molecule has 4 heteroatoms. The van der Waals surface area contributed by atoms with Gasteiger partial charge in [-0.2, -0.15) is 4.98 Å². The zero-order valence-corrected chi connectivity index (χ0v) is 13.3. The molecule has 0 aliphatic carbocycles. The maximum atomic E-state index is 5.52. The highest BCUT2D eigenvalue weighted by atomic mass is 16.5. The summed E-state index contributed by atoms with van der Waals surface area (Å²) in [4.78, 5) is 6.98. The molecule has 21 heavy (non-hydrogen) atoms. The standard InChI is InChI=1S/C17H23N3O/c1-12(15-18-16(19-21-15)17(2,3)4)20-11-7-9-13-8-5-6-10-14(13)20/h5-6,8,10,12H,7,9,11H2,1-4H3. The highest BCUT2D eigenvalue weighted by Gasteiger charge is 2.28. The van der Waals surface area contributed by atoms with E-state index >= 15 is 0 Å². The van der Waals surface area contributed by atoms with Crippen LogP contribution in [0.4, 0.5) is 5.69 Å². The van der Waals surface area contributed by atoms with Gasteiger partial charge in [0, 0.05) is 17.6 Å². The Morgan fingerprint density at radius 2 is 2.00 bits per heavy atom. The van der Waals surface area contributed by atoms with E-state index in [2.05, 4.69) is 67.0 Å². The van der Waals surface area contributed by atoms with Crippen LogP contribution >= 0.6 is 0 Å². The number of anilines is 1. The smallest absolute Gasteiger partial charge is 0.249 e. The summed E-state index contributed by atoms with van der Waals surface area (Å²) in [5.41, 5.74) is 2.62. The second kappa shape index (κ2) is 5.17. The van der Waals surface area contributed by atoms with E-state index in [9.17, 15) is 0 Å². The maximum absolute atomic E-state index is 5.52. The van der Waals surface area contributed by atoms with Crippen LogP contribution in [-0.2, 0) is 11.8 Å². The van der Waals surface area contributed by atoms with Gasteiger partial charge >= 0.3 is 0 Å². The molecular formula is C17H23N3O. The summed E-state index contributed by atoms with van der Waals surface area (Å²) in [5.74, 6) is 1.48. The Kier molecular flexibility index (Phi) is 3.47. The molecule has 2 heterocycles. The molecule has 1 aliphatic heterocycles. The van der Waals surface area contributed by atoms with Crippen LogP contribution in [-0.4, -0.2) is 16.7 Å². The molecule has 1 aromatic heterocycles. The number of aryl methyl sites for hydroxylation is 1. The van der Waals surface area contributed by atoms with Gasteiger partial charge in [-0.25, -0.2) is 0 Å². The van der Waals surface area contributed by atoms with Crippen molar-refractivity contribution in [2.75, 3.05) is 11.4 Å². The van der Waals surface area contributed by atoms with Crippen LogP contribution in [0.1, 0.15) is 57.4 Å². The normalized spacial score (nSPS) is 16.7. The summed E-state index contributed by atoms with van der Waals surface area (Å²) in [7, 11) is 0. The number of aromatic nitrogens is 2. The van der Waals surface area contributed by atoms with Crippen molar-refractivity contribution in [2.45, 2.75) is 52.0 Å². The Labute approximate surface area is 126 Å². The van der Waals surface area contributed by atoms with Crippen LogP contribution in [0, 0.1) is 0 Å². The fraction of sp³-hybridized carbons (Fsp3) is 0.529. The van der Waals surface area contributed by atoms with Gasteiger partial charge in [-0.05, 0) is 31.4 Å². The number of rotatable bonds is 2. The third-order valence-electron chi connectivity index (χ3n) is 4.08. The molecule has 0 amide bonds. The van der Waals surface area contributed by atoms with Crippen molar-refractivity contribution in [1.82, 2.24) is 10.1 Å². The van der Waals surface area contributed by atoms with Crippen LogP contribution in [0.3, 0.4) is 0 Å². The molecule has 0 spiro atoms. The molecule has 0 fully saturated rings. The largest absolute Gasteiger partial charge is 0.360 e. The first kappa shape index (κ1) is 14.1. The fourth-order valence-corrected chi connectivity index (χ4v) is 2.81. The lowest BCUT2D eigenvalue weighted by Gasteiger charge is -2.34. The quantitative estimate of drug-likeness (QED) is 0.839. The SMILES string of the molecule is CC(c1nc(C(C)(C)C)no1)N1CCCc2ccccc21. The molecule has 1 atom stereocenters. The minimum Gasteiger partial charge on any atom is -0.360 e. The Balaban J connectivity index is 1.89. The summed E-state index contributed by atoms with van der Waals surface area (Å²) < 4.78 is 5.52. The number of benzene rings is 1. The fourth-order valence-electron chi connectivity index (χ4n) is 2.81. The van der Waals surface area contributed by atoms with Gasteiger partial charge in [0.05, 0.1) is 0 Å². The first-order valence-corrected chi connectivity index (χ1v) is 7.65. The molecule has 0 saturated heterocycles. The summed E-state index contributed by atoms with van der Waals surface area (Å²) in [6, 6.07) is 8.71. The zero-order valence-electron chi connectivity index (χ0n) is 13.3. The molecule has 1 aromatic carbocycles. The number of fused-ring (bicyclic) bond motifs is 1. The average Bonchev–Trinajstić information content (AvgIpc) is 2.96. The summed E-state index contributed by atoms with van der Waals surface area (Å²) in [5, 5.41) is 4.15. The highest BCUT2D eigenvalue weighted by Crippen LogP contribution is 2.33. The minimum atomic E-state index is -0.0821. The topological polar surface area (TPSA) is 42.2 Å². The number of para-hydroxylation sites is 1. The zero-order chi connectivity index (χ0) is 15.0. The van der Waals surface area contributed by atoms with Crippen LogP contribution < -0.4 is 4.90 Å². The second-order valence-electron chi connectivity index (χ2n) is 6.81. The van der Waals surface area contributed by atoms with Crippen LogP contribution in [0.25, 0.3) is 0 Å². The molecule has 3 rings (SSSR count). The molecule has 0 saturated carbocycles. The van der Waals surface area contributed by atoms with Gasteiger partial charge in [0.25, 0.3) is 0 Å². The Morgan fingerprint density at radius 3 is 2.71 bits per heavy atom. The first-order valence-electron chi connectivity index (χ1n) is 7.65. The van der Waals surface area contributed by atoms with Crippen molar-refractivity contribution in [1.29, 1.82) is 0 Å². The summed E-state index contributed by atoms with van der Waals surface area (Å²) >= 11 is 0. The first-order chi connectivity index (χ1) is 9.97. The van der Waals surface area contributed by atoms with Crippen molar-refractivity contribution in [3.8, 4) is 0 Å². The molecule has 4 nitrogen and oxygen atoms in total. The van der Waals surface area contributed by atoms with E-state index in [-0.39, 0.29) is 11.5 Å². The average molecular weight is 285 g/mol. The predicted octanol–water partition coefficient (Wildman–Crippen LogP) is 3.88. The monoisotopic (exact) mass is 285 g/mol. The van der Waals surface area contributed by atoms with Gasteiger partial charge < -0.3 is 9.42 Å². The lowest BCUT2D eigenvalue weighted by Crippen LogP contribution is -2.32. The van der Waals surface area contributed by atoms with E-state index < -0.39 is 0 Å². The molecule has 0 N–H and O–H groups in total. The third-order valence-corrected chi connectivity index (χ3v) is 4.08. The van der Waals surface area contributed by atoms with Gasteiger partial charge in [-0.3, -0.25) is 0 Å². The van der Waals surface area contributed by atoms with Crippen molar-refractivity contribution in [3.05, 3.63) is 41.5 Å². The van der Waals surface area contributed by atoms with Gasteiger partial charge in [-0.1, -0.05) is 44.1 Å². The Bertz CT molecular complexity index is 627. The van der Waals surface area contributed by atoms with Crippen LogP contribution in [0.2, 0.25) is 0 Å². The summed E-state index contributed by atoms with van der Waals surface area (Å²) in [6.45, 7) is 9.47. The lowest BCUT2D eigenvalue weighted by atomic mass is 9.96. The Hall–Kier alpha value is -1.84. The van der Waals surface area contributed by atoms with Crippen molar-refractivity contribution in [2.24, 2.45) is 0 Å². The number of hydrogen-bond acceptors (Lipinski definition) is 4. The molecule has 1 aliphatic rings. The van der Waals surface area contributed by atoms with Crippen molar-refractivity contribution < 1.29 is 4.52 Å². The van der Waals surface area contributed by atoms with E-state index in [1.807, 2.05) is 0 Å². The molecule has 0 radical (unpaired) electrons. The lowest BCUT2D eigenvalue weighted by molar-refractivity contribution is 0.342. The second-order valence-corrected chi connectivity index (χ2v) is 6.81. The van der Waals surface area contributed by atoms with Gasteiger partial charge in [0.1, 0.15) is 6.04 Å². The van der Waals surface area contributed by atoms with Gasteiger partial charge in [-0.15, -0.1) is 0 Å². The molecule has 1 unspecified atom stereocenters. The van der Waals surface area contributed by atoms with Gasteiger partial charge in [0.15, 0.2) is 5.82 Å². The van der Waals surface area contributed by atoms with E-state index in [1.165, 1.54) is 17.7 Å². The van der Waals surface area contributed by atoms with Crippen LogP contribution in [0.15, 0.2) is 28.8 Å². The van der Waals surface area contributed by atoms with E-state index in [4.69, 9.17) is 4.52 Å². The number of nitrogens with zero attached hydrogens (tertiary/aromatic N) is 3. The molecule has 112 valence electrons. The molecule has 0 bridgehead atoms. The number of hydrogen-bond donors (Lipinski definition) is 0. The van der Waals surface area contributed by atoms with E-state index in [0.29, 0.717) is 5.89 Å². The van der Waals surface area contributed by atoms with Crippen molar-refractivity contribution >= 4 is 5.69 Å². The highest BCUT2D eigenvalue weighted by molar-refractivity contribution is 5.56. The molecule has 2 aromatic rings. The molecular weight excluding hydrogens is 262 g/mol.